The Bertz CT molecular complexity index is 486. The Hall–Kier alpha value is 0.140. The van der Waals surface area contributed by atoms with Crippen molar-refractivity contribution >= 4 is 15.6 Å². The van der Waals surface area contributed by atoms with Crippen LogP contribution in [-0.2, 0) is 32.0 Å². The van der Waals surface area contributed by atoms with Crippen molar-refractivity contribution in [2.45, 2.75) is 64.3 Å². The van der Waals surface area contributed by atoms with E-state index in [1.54, 1.807) is 13.8 Å². The summed E-state index contributed by atoms with van der Waals surface area (Å²) in [7, 11) is -9.03. The van der Waals surface area contributed by atoms with Crippen LogP contribution in [0.25, 0.3) is 0 Å². The second-order valence-corrected chi connectivity index (χ2v) is 8.88. The van der Waals surface area contributed by atoms with Gasteiger partial charge in [-0.3, -0.25) is 9.13 Å². The van der Waals surface area contributed by atoms with E-state index < -0.39 is 40.6 Å². The maximum Gasteiger partial charge on any atom is 0.268 e. The quantitative estimate of drug-likeness (QED) is 0.321. The predicted molar refractivity (Wildman–Crippen MR) is 88.1 cm³/mol. The summed E-state index contributed by atoms with van der Waals surface area (Å²) in [6, 6.07) is 0. The van der Waals surface area contributed by atoms with Gasteiger partial charge in [-0.15, -0.1) is 0 Å². The van der Waals surface area contributed by atoms with Crippen molar-refractivity contribution in [3.05, 3.63) is 0 Å². The molecule has 1 fully saturated rings. The predicted octanol–water partition coefficient (Wildman–Crippen LogP) is 1.11. The summed E-state index contributed by atoms with van der Waals surface area (Å²) in [6.45, 7) is 2.99. The van der Waals surface area contributed by atoms with Crippen molar-refractivity contribution < 1.29 is 46.9 Å². The minimum Gasteiger partial charge on any atom is -0.756 e. The molecule has 0 aliphatic carbocycles. The minimum absolute atomic E-state index is 0.0149. The number of phosphoric acid groups is 2. The van der Waals surface area contributed by atoms with Gasteiger partial charge in [0.2, 0.25) is 0 Å². The third kappa shape index (κ3) is 10.5. The largest absolute Gasteiger partial charge is 0.756 e. The van der Waals surface area contributed by atoms with E-state index in [1.165, 1.54) is 0 Å². The normalized spacial score (nSPS) is 25.3. The number of ether oxygens (including phenoxy) is 1. The average molecular weight is 418 g/mol. The number of aliphatic hydroxyl groups excluding tert-OH is 1. The van der Waals surface area contributed by atoms with Gasteiger partial charge in [0.05, 0.1) is 25.4 Å². The summed E-state index contributed by atoms with van der Waals surface area (Å²) in [5.74, 6) is 0. The number of hydrogen-bond acceptors (Lipinski definition) is 10. The van der Waals surface area contributed by atoms with Crippen LogP contribution in [0.5, 0.6) is 0 Å². The van der Waals surface area contributed by atoms with E-state index in [9.17, 15) is 18.9 Å². The Morgan fingerprint density at radius 3 is 2.46 bits per heavy atom. The molecule has 1 rings (SSSR count). The van der Waals surface area contributed by atoms with Gasteiger partial charge in [-0.05, 0) is 26.7 Å². The first kappa shape index (κ1) is 24.2. The number of aliphatic hydroxyl groups is 1. The lowest BCUT2D eigenvalue weighted by atomic mass is 10.2. The lowest BCUT2D eigenvalue weighted by molar-refractivity contribution is -0.234. The van der Waals surface area contributed by atoms with Crippen LogP contribution < -0.4 is 9.79 Å². The van der Waals surface area contributed by atoms with Crippen LogP contribution in [0, 0.1) is 0 Å². The molecule has 0 aromatic carbocycles. The number of hydrogen-bond donors (Lipinski definition) is 1. The van der Waals surface area contributed by atoms with Gasteiger partial charge in [0.1, 0.15) is 6.10 Å². The molecule has 1 heterocycles. The fraction of sp³-hybridized carbons (Fsp3) is 1.00. The Morgan fingerprint density at radius 2 is 1.81 bits per heavy atom. The second kappa shape index (κ2) is 11.9. The summed E-state index contributed by atoms with van der Waals surface area (Å²) >= 11 is 0. The summed E-state index contributed by atoms with van der Waals surface area (Å²) in [6.07, 6.45) is 0.670. The van der Waals surface area contributed by atoms with Crippen molar-refractivity contribution in [3.8, 4) is 0 Å². The molecule has 0 aromatic rings. The molecule has 10 nitrogen and oxygen atoms in total. The summed E-state index contributed by atoms with van der Waals surface area (Å²) < 4.78 is 47.9. The molecule has 0 spiro atoms. The van der Waals surface area contributed by atoms with Gasteiger partial charge in [-0.25, -0.2) is 0 Å². The first-order chi connectivity index (χ1) is 12.2. The average Bonchev–Trinajstić information content (AvgIpc) is 2.94. The fourth-order valence-electron chi connectivity index (χ4n) is 2.30. The van der Waals surface area contributed by atoms with Gasteiger partial charge in [-0.1, -0.05) is 12.8 Å². The molecule has 0 saturated carbocycles. The van der Waals surface area contributed by atoms with E-state index >= 15 is 0 Å². The van der Waals surface area contributed by atoms with E-state index in [4.69, 9.17) is 23.4 Å². The molecule has 1 aliphatic rings. The molecule has 0 bridgehead atoms. The molecule has 0 aromatic heterocycles. The lowest BCUT2D eigenvalue weighted by Crippen LogP contribution is -2.31. The van der Waals surface area contributed by atoms with E-state index in [1.807, 2.05) is 0 Å². The highest BCUT2D eigenvalue weighted by Crippen LogP contribution is 2.44. The van der Waals surface area contributed by atoms with Gasteiger partial charge in [-0.2, -0.15) is 0 Å². The Balaban J connectivity index is 2.37. The molecule has 12 heteroatoms. The Labute approximate surface area is 154 Å². The molecule has 26 heavy (non-hydrogen) atoms. The van der Waals surface area contributed by atoms with Gasteiger partial charge in [0, 0.05) is 19.6 Å². The van der Waals surface area contributed by atoms with Crippen LogP contribution in [0.3, 0.4) is 0 Å². The lowest BCUT2D eigenvalue weighted by Gasteiger charge is -2.30. The van der Waals surface area contributed by atoms with Gasteiger partial charge in [0.15, 0.2) is 0 Å². The van der Waals surface area contributed by atoms with Gasteiger partial charge >= 0.3 is 0 Å². The van der Waals surface area contributed by atoms with Crippen LogP contribution in [-0.4, -0.2) is 49.8 Å². The van der Waals surface area contributed by atoms with Crippen LogP contribution >= 0.6 is 15.6 Å². The molecule has 156 valence electrons. The zero-order valence-corrected chi connectivity index (χ0v) is 16.9. The van der Waals surface area contributed by atoms with E-state index in [0.29, 0.717) is 12.8 Å². The van der Waals surface area contributed by atoms with Gasteiger partial charge in [0.25, 0.3) is 15.6 Å². The fourth-order valence-corrected chi connectivity index (χ4v) is 4.19. The van der Waals surface area contributed by atoms with Crippen molar-refractivity contribution in [2.75, 3.05) is 26.4 Å². The Morgan fingerprint density at radius 1 is 1.12 bits per heavy atom. The highest BCUT2D eigenvalue weighted by atomic mass is 31.2. The van der Waals surface area contributed by atoms with Gasteiger partial charge < -0.3 is 37.7 Å². The number of phosphoric ester groups is 2. The van der Waals surface area contributed by atoms with Crippen LogP contribution in [0.1, 0.15) is 46.0 Å². The summed E-state index contributed by atoms with van der Waals surface area (Å²) in [4.78, 5) is 23.4. The zero-order valence-electron chi connectivity index (χ0n) is 15.1. The smallest absolute Gasteiger partial charge is 0.268 e. The molecular formula is C14H28O10P2-2. The standard InChI is InChI=1S/C14H30O10P2/c1-12(2)23-26(18,19)22-11-14-13(7-10-20-14)24-25(16,17)21-9-6-4-3-5-8-15/h12-15H,3-11H2,1-2H3,(H,16,17)(H,18,19)/p-2/t13-,14+/m0/s1. The van der Waals surface area contributed by atoms with E-state index in [0.717, 1.165) is 12.8 Å². The molecule has 1 aliphatic heterocycles. The minimum atomic E-state index is -4.53. The molecule has 4 atom stereocenters. The molecule has 0 radical (unpaired) electrons. The summed E-state index contributed by atoms with van der Waals surface area (Å²) in [5, 5.41) is 8.66. The molecular weight excluding hydrogens is 390 g/mol. The number of unbranched alkanes of at least 4 members (excludes halogenated alkanes) is 3. The third-order valence-electron chi connectivity index (χ3n) is 3.45. The van der Waals surface area contributed by atoms with Crippen molar-refractivity contribution in [1.29, 1.82) is 0 Å². The zero-order chi connectivity index (χ0) is 19.6. The topological polar surface area (TPSA) is 147 Å². The summed E-state index contributed by atoms with van der Waals surface area (Å²) in [5.41, 5.74) is 0. The van der Waals surface area contributed by atoms with Crippen LogP contribution in [0.2, 0.25) is 0 Å². The van der Waals surface area contributed by atoms with Crippen molar-refractivity contribution in [1.82, 2.24) is 0 Å². The first-order valence-electron chi connectivity index (χ1n) is 8.65. The SMILES string of the molecule is CC(C)OP(=O)([O-])OC[C@H]1OCC[C@@H]1OP(=O)([O-])OCCCCCCO. The Kier molecular flexibility index (Phi) is 11.0. The molecule has 2 unspecified atom stereocenters. The van der Waals surface area contributed by atoms with E-state index in [-0.39, 0.29) is 26.2 Å². The van der Waals surface area contributed by atoms with Crippen molar-refractivity contribution in [3.63, 3.8) is 0 Å². The highest BCUT2D eigenvalue weighted by molar-refractivity contribution is 7.46. The molecule has 1 saturated heterocycles. The maximum atomic E-state index is 11.9. The molecule has 1 N–H and O–H groups in total. The highest BCUT2D eigenvalue weighted by Gasteiger charge is 2.33. The second-order valence-electron chi connectivity index (χ2n) is 6.16. The van der Waals surface area contributed by atoms with Crippen LogP contribution in [0.15, 0.2) is 0 Å². The number of rotatable bonds is 14. The monoisotopic (exact) mass is 418 g/mol. The third-order valence-corrected chi connectivity index (χ3v) is 5.63. The molecule has 0 amide bonds. The van der Waals surface area contributed by atoms with E-state index in [2.05, 4.69) is 4.52 Å². The first-order valence-corrected chi connectivity index (χ1v) is 11.6. The van der Waals surface area contributed by atoms with Crippen LogP contribution in [0.4, 0.5) is 0 Å². The maximum absolute atomic E-state index is 11.9. The van der Waals surface area contributed by atoms with Crippen molar-refractivity contribution in [2.24, 2.45) is 0 Å².